The van der Waals surface area contributed by atoms with Crippen LogP contribution >= 0.6 is 11.6 Å². The van der Waals surface area contributed by atoms with Gasteiger partial charge in [-0.05, 0) is 31.0 Å². The molecule has 1 N–H and O–H groups in total. The van der Waals surface area contributed by atoms with Gasteiger partial charge in [0.1, 0.15) is 10.7 Å². The molecule has 0 amide bonds. The molecule has 18 heavy (non-hydrogen) atoms. The number of sulfonamides is 1. The highest BCUT2D eigenvalue weighted by Crippen LogP contribution is 2.39. The van der Waals surface area contributed by atoms with E-state index in [4.69, 9.17) is 11.6 Å². The molecule has 1 aliphatic heterocycles. The highest BCUT2D eigenvalue weighted by Gasteiger charge is 2.38. The highest BCUT2D eigenvalue weighted by atomic mass is 35.5. The second-order valence-corrected chi connectivity index (χ2v) is 6.38. The molecule has 0 radical (unpaired) electrons. The molecule has 3 rings (SSSR count). The zero-order valence-electron chi connectivity index (χ0n) is 9.72. The van der Waals surface area contributed by atoms with Crippen molar-refractivity contribution in [3.8, 4) is 0 Å². The van der Waals surface area contributed by atoms with E-state index in [-0.39, 0.29) is 10.8 Å². The Bertz CT molecular complexity index is 638. The number of fused-ring (bicyclic) bond motifs is 1. The van der Waals surface area contributed by atoms with Gasteiger partial charge in [-0.25, -0.2) is 5.43 Å². The number of nitrogens with one attached hydrogen (secondary N) is 1. The molecular formula is C11H12ClN3O2S. The van der Waals surface area contributed by atoms with E-state index in [0.29, 0.717) is 16.5 Å². The molecule has 0 aromatic heterocycles. The van der Waals surface area contributed by atoms with Crippen LogP contribution in [0.1, 0.15) is 12.8 Å². The first-order chi connectivity index (χ1) is 8.53. The lowest BCUT2D eigenvalue weighted by molar-refractivity contribution is 0.595. The van der Waals surface area contributed by atoms with Gasteiger partial charge in [0.15, 0.2) is 0 Å². The monoisotopic (exact) mass is 285 g/mol. The van der Waals surface area contributed by atoms with Crippen LogP contribution < -0.4 is 10.4 Å². The number of nitrogens with zero attached hydrogens (tertiary/aromatic N) is 2. The van der Waals surface area contributed by atoms with Crippen molar-refractivity contribution >= 4 is 33.1 Å². The van der Waals surface area contributed by atoms with Crippen LogP contribution in [-0.2, 0) is 10.0 Å². The molecule has 96 valence electrons. The molecule has 1 saturated carbocycles. The van der Waals surface area contributed by atoms with E-state index in [1.807, 2.05) is 0 Å². The highest BCUT2D eigenvalue weighted by molar-refractivity contribution is 7.90. The first-order valence-corrected chi connectivity index (χ1v) is 7.46. The lowest BCUT2D eigenvalue weighted by Crippen LogP contribution is -2.45. The number of anilines is 1. The molecule has 2 aliphatic rings. The molecule has 1 aromatic carbocycles. The second-order valence-electron chi connectivity index (χ2n) is 4.37. The summed E-state index contributed by atoms with van der Waals surface area (Å²) in [6.45, 7) is 0. The third-order valence-electron chi connectivity index (χ3n) is 3.05. The Morgan fingerprint density at radius 1 is 1.44 bits per heavy atom. The quantitative estimate of drug-likeness (QED) is 0.900. The normalized spacial score (nSPS) is 21.4. The smallest absolute Gasteiger partial charge is 0.261 e. The standard InChI is InChI=1S/C11H12ClN3O2S/c1-13-15-9-6-8(12)4-5-10(9)18(16,17)14-11(15)7-2-3-7/h4-7,13H,2-3H2,1H3. The molecule has 5 nitrogen and oxygen atoms in total. The fourth-order valence-electron chi connectivity index (χ4n) is 2.05. The third kappa shape index (κ3) is 1.81. The number of halogens is 1. The zero-order chi connectivity index (χ0) is 12.9. The van der Waals surface area contributed by atoms with Crippen molar-refractivity contribution in [2.75, 3.05) is 12.1 Å². The number of rotatable bonds is 2. The van der Waals surface area contributed by atoms with Gasteiger partial charge in [0.05, 0.1) is 5.69 Å². The Hall–Kier alpha value is -1.11. The summed E-state index contributed by atoms with van der Waals surface area (Å²) in [4.78, 5) is 0.186. The topological polar surface area (TPSA) is 61.8 Å². The average Bonchev–Trinajstić information content (AvgIpc) is 3.11. The predicted octanol–water partition coefficient (Wildman–Crippen LogP) is 1.79. The molecule has 0 spiro atoms. The Morgan fingerprint density at radius 3 is 2.78 bits per heavy atom. The van der Waals surface area contributed by atoms with Crippen LogP contribution in [0.4, 0.5) is 5.69 Å². The van der Waals surface area contributed by atoms with Gasteiger partial charge < -0.3 is 0 Å². The molecule has 1 aliphatic carbocycles. The zero-order valence-corrected chi connectivity index (χ0v) is 11.3. The van der Waals surface area contributed by atoms with Crippen LogP contribution in [0, 0.1) is 5.92 Å². The van der Waals surface area contributed by atoms with Gasteiger partial charge in [0.25, 0.3) is 10.0 Å². The number of amidine groups is 1. The van der Waals surface area contributed by atoms with Crippen LogP contribution in [-0.4, -0.2) is 21.3 Å². The van der Waals surface area contributed by atoms with Crippen molar-refractivity contribution in [2.24, 2.45) is 10.3 Å². The first kappa shape index (κ1) is 12.0. The molecule has 0 saturated heterocycles. The summed E-state index contributed by atoms with van der Waals surface area (Å²) in [5, 5.41) is 2.21. The largest absolute Gasteiger partial charge is 0.286 e. The van der Waals surface area contributed by atoms with Crippen molar-refractivity contribution in [1.29, 1.82) is 0 Å². The maximum absolute atomic E-state index is 12.1. The van der Waals surface area contributed by atoms with Gasteiger partial charge in [-0.15, -0.1) is 4.40 Å². The van der Waals surface area contributed by atoms with E-state index in [0.717, 1.165) is 12.8 Å². The fraction of sp³-hybridized carbons (Fsp3) is 0.364. The summed E-state index contributed by atoms with van der Waals surface area (Å²) in [6, 6.07) is 4.69. The summed E-state index contributed by atoms with van der Waals surface area (Å²) < 4.78 is 28.1. The first-order valence-electron chi connectivity index (χ1n) is 5.65. The van der Waals surface area contributed by atoms with Crippen LogP contribution in [0.2, 0.25) is 5.02 Å². The van der Waals surface area contributed by atoms with E-state index in [1.165, 1.54) is 6.07 Å². The van der Waals surface area contributed by atoms with E-state index >= 15 is 0 Å². The fourth-order valence-corrected chi connectivity index (χ4v) is 3.45. The van der Waals surface area contributed by atoms with Gasteiger partial charge >= 0.3 is 0 Å². The minimum atomic E-state index is -3.61. The van der Waals surface area contributed by atoms with E-state index in [1.54, 1.807) is 24.2 Å². The lowest BCUT2D eigenvalue weighted by Gasteiger charge is -2.29. The van der Waals surface area contributed by atoms with Gasteiger partial charge in [-0.1, -0.05) is 11.6 Å². The molecule has 1 aromatic rings. The van der Waals surface area contributed by atoms with Crippen molar-refractivity contribution in [1.82, 2.24) is 5.43 Å². The van der Waals surface area contributed by atoms with E-state index in [9.17, 15) is 8.42 Å². The number of hydrazine groups is 1. The van der Waals surface area contributed by atoms with Crippen molar-refractivity contribution in [3.05, 3.63) is 23.2 Å². The summed E-state index contributed by atoms with van der Waals surface area (Å²) in [5.41, 5.74) is 3.52. The van der Waals surface area contributed by atoms with Gasteiger partial charge in [-0.3, -0.25) is 5.01 Å². The van der Waals surface area contributed by atoms with Gasteiger partial charge in [-0.2, -0.15) is 8.42 Å². The minimum absolute atomic E-state index is 0.186. The number of hydrogen-bond acceptors (Lipinski definition) is 4. The Labute approximate surface area is 110 Å². The summed E-state index contributed by atoms with van der Waals surface area (Å²) in [6.07, 6.45) is 1.95. The van der Waals surface area contributed by atoms with Crippen molar-refractivity contribution in [2.45, 2.75) is 17.7 Å². The Balaban J connectivity index is 2.23. The van der Waals surface area contributed by atoms with Crippen molar-refractivity contribution in [3.63, 3.8) is 0 Å². The minimum Gasteiger partial charge on any atom is -0.261 e. The van der Waals surface area contributed by atoms with Crippen LogP contribution in [0.3, 0.4) is 0 Å². The maximum atomic E-state index is 12.1. The SMILES string of the molecule is CNN1C(C2CC2)=NS(=O)(=O)c2ccc(Cl)cc21. The molecule has 1 heterocycles. The second kappa shape index (κ2) is 3.94. The molecule has 0 bridgehead atoms. The number of benzene rings is 1. The van der Waals surface area contributed by atoms with Crippen LogP contribution in [0.25, 0.3) is 0 Å². The van der Waals surface area contributed by atoms with E-state index < -0.39 is 10.0 Å². The third-order valence-corrected chi connectivity index (χ3v) is 4.61. The van der Waals surface area contributed by atoms with Crippen LogP contribution in [0.15, 0.2) is 27.5 Å². The lowest BCUT2D eigenvalue weighted by atomic mass is 10.2. The van der Waals surface area contributed by atoms with Gasteiger partial charge in [0.2, 0.25) is 0 Å². The summed E-state index contributed by atoms with van der Waals surface area (Å²) in [7, 11) is -1.87. The predicted molar refractivity (Wildman–Crippen MR) is 70.3 cm³/mol. The Kier molecular flexibility index (Phi) is 2.62. The molecule has 7 heteroatoms. The van der Waals surface area contributed by atoms with Gasteiger partial charge in [0, 0.05) is 18.0 Å². The molecule has 0 unspecified atom stereocenters. The molecule has 0 atom stereocenters. The summed E-state index contributed by atoms with van der Waals surface area (Å²) in [5.74, 6) is 0.784. The Morgan fingerprint density at radius 2 is 2.17 bits per heavy atom. The van der Waals surface area contributed by atoms with E-state index in [2.05, 4.69) is 9.82 Å². The molecular weight excluding hydrogens is 274 g/mol. The van der Waals surface area contributed by atoms with Crippen molar-refractivity contribution < 1.29 is 8.42 Å². The maximum Gasteiger partial charge on any atom is 0.286 e. The van der Waals surface area contributed by atoms with Crippen LogP contribution in [0.5, 0.6) is 0 Å². The number of hydrogen-bond donors (Lipinski definition) is 1. The molecule has 1 fully saturated rings. The average molecular weight is 286 g/mol. The summed E-state index contributed by atoms with van der Waals surface area (Å²) >= 11 is 5.95.